The second-order valence-electron chi connectivity index (χ2n) is 8.17. The summed E-state index contributed by atoms with van der Waals surface area (Å²) in [6.45, 7) is 8.47. The summed E-state index contributed by atoms with van der Waals surface area (Å²) < 4.78 is 0. The number of benzene rings is 1. The summed E-state index contributed by atoms with van der Waals surface area (Å²) >= 11 is 1.27. The van der Waals surface area contributed by atoms with E-state index in [2.05, 4.69) is 22.5 Å². The van der Waals surface area contributed by atoms with Crippen LogP contribution in [-0.4, -0.2) is 46.7 Å². The predicted molar refractivity (Wildman–Crippen MR) is 129 cm³/mol. The summed E-state index contributed by atoms with van der Waals surface area (Å²) in [7, 11) is 0. The number of amides is 3. The van der Waals surface area contributed by atoms with Gasteiger partial charge in [-0.25, -0.2) is 4.98 Å². The molecule has 7 nitrogen and oxygen atoms in total. The minimum atomic E-state index is -0.319. The van der Waals surface area contributed by atoms with Crippen molar-refractivity contribution < 1.29 is 14.4 Å². The number of rotatable bonds is 12. The number of nitrogens with one attached hydrogen (secondary N) is 2. The lowest BCUT2D eigenvalue weighted by Gasteiger charge is -2.26. The van der Waals surface area contributed by atoms with Gasteiger partial charge in [-0.05, 0) is 39.3 Å². The summed E-state index contributed by atoms with van der Waals surface area (Å²) in [5.74, 6) is -0.578. The van der Waals surface area contributed by atoms with E-state index < -0.39 is 0 Å². The highest BCUT2D eigenvalue weighted by molar-refractivity contribution is 7.13. The zero-order valence-electron chi connectivity index (χ0n) is 19.4. The topological polar surface area (TPSA) is 91.4 Å². The molecule has 8 heteroatoms. The van der Waals surface area contributed by atoms with Crippen LogP contribution in [0.15, 0.2) is 29.6 Å². The number of unbranched alkanes of at least 4 members (excludes halogenated alkanes) is 3. The van der Waals surface area contributed by atoms with E-state index in [1.807, 2.05) is 32.9 Å². The quantitative estimate of drug-likeness (QED) is 0.467. The Kier molecular flexibility index (Phi) is 10.3. The Balaban J connectivity index is 1.86. The molecule has 32 heavy (non-hydrogen) atoms. The van der Waals surface area contributed by atoms with Gasteiger partial charge in [0.15, 0.2) is 5.13 Å². The smallest absolute Gasteiger partial charge is 0.254 e. The summed E-state index contributed by atoms with van der Waals surface area (Å²) in [5.41, 5.74) is 2.24. The van der Waals surface area contributed by atoms with Crippen molar-refractivity contribution in [2.45, 2.75) is 65.8 Å². The maximum absolute atomic E-state index is 12.8. The van der Waals surface area contributed by atoms with Crippen LogP contribution in [0.2, 0.25) is 0 Å². The number of aryl methyl sites for hydroxylation is 1. The van der Waals surface area contributed by atoms with Gasteiger partial charge in [-0.15, -0.1) is 11.3 Å². The number of nitrogens with zero attached hydrogens (tertiary/aromatic N) is 2. The zero-order valence-corrected chi connectivity index (χ0v) is 20.3. The molecule has 0 aliphatic heterocycles. The van der Waals surface area contributed by atoms with Crippen molar-refractivity contribution in [3.8, 4) is 0 Å². The average Bonchev–Trinajstić information content (AvgIpc) is 3.18. The van der Waals surface area contributed by atoms with Crippen LogP contribution >= 0.6 is 11.3 Å². The first-order valence-corrected chi connectivity index (χ1v) is 12.1. The molecule has 0 bridgehead atoms. The summed E-state index contributed by atoms with van der Waals surface area (Å²) in [6, 6.07) is 7.16. The molecule has 2 N–H and O–H groups in total. The van der Waals surface area contributed by atoms with Crippen LogP contribution in [0, 0.1) is 6.92 Å². The molecule has 1 aromatic carbocycles. The minimum absolute atomic E-state index is 0.0700. The van der Waals surface area contributed by atoms with Crippen molar-refractivity contribution in [2.75, 3.05) is 18.4 Å². The molecule has 1 heterocycles. The number of carbonyl (C=O) groups is 3. The first-order valence-electron chi connectivity index (χ1n) is 11.2. The standard InChI is InChI=1S/C24H34N4O3S/c1-5-6-7-8-13-25-21(29)14-20-16-32-24(26-20)27-22(30)15-28(17(2)3)23(31)19-11-9-18(4)10-12-19/h9-12,16-17H,5-8,13-15H2,1-4H3,(H,25,29)(H,26,27,30). The molecule has 0 unspecified atom stereocenters. The van der Waals surface area contributed by atoms with Crippen molar-refractivity contribution in [2.24, 2.45) is 0 Å². The van der Waals surface area contributed by atoms with Gasteiger partial charge in [-0.2, -0.15) is 0 Å². The molecular formula is C24H34N4O3S. The number of aromatic nitrogens is 1. The van der Waals surface area contributed by atoms with Crippen LogP contribution in [0.1, 0.15) is 68.1 Å². The molecule has 0 spiro atoms. The van der Waals surface area contributed by atoms with E-state index in [-0.39, 0.29) is 36.7 Å². The van der Waals surface area contributed by atoms with Crippen LogP contribution in [-0.2, 0) is 16.0 Å². The van der Waals surface area contributed by atoms with Gasteiger partial charge in [0.05, 0.1) is 12.1 Å². The highest BCUT2D eigenvalue weighted by Gasteiger charge is 2.22. The fourth-order valence-electron chi connectivity index (χ4n) is 3.12. The van der Waals surface area contributed by atoms with Crippen molar-refractivity contribution in [1.82, 2.24) is 15.2 Å². The largest absolute Gasteiger partial charge is 0.356 e. The Morgan fingerprint density at radius 3 is 2.44 bits per heavy atom. The monoisotopic (exact) mass is 458 g/mol. The van der Waals surface area contributed by atoms with Crippen LogP contribution in [0.3, 0.4) is 0 Å². The molecule has 1 aromatic heterocycles. The Morgan fingerprint density at radius 2 is 1.78 bits per heavy atom. The van der Waals surface area contributed by atoms with E-state index >= 15 is 0 Å². The van der Waals surface area contributed by atoms with Gasteiger partial charge in [0, 0.05) is 23.5 Å². The molecule has 0 radical (unpaired) electrons. The maximum Gasteiger partial charge on any atom is 0.254 e. The lowest BCUT2D eigenvalue weighted by molar-refractivity contribution is -0.120. The molecule has 0 fully saturated rings. The number of thiazole rings is 1. The molecule has 0 aliphatic rings. The molecule has 174 valence electrons. The van der Waals surface area contributed by atoms with Crippen LogP contribution in [0.4, 0.5) is 5.13 Å². The Morgan fingerprint density at radius 1 is 1.06 bits per heavy atom. The molecule has 3 amide bonds. The molecular weight excluding hydrogens is 424 g/mol. The second-order valence-corrected chi connectivity index (χ2v) is 9.03. The molecule has 2 aromatic rings. The van der Waals surface area contributed by atoms with Gasteiger partial charge in [0.2, 0.25) is 11.8 Å². The third-order valence-electron chi connectivity index (χ3n) is 4.99. The van der Waals surface area contributed by atoms with Gasteiger partial charge in [-0.3, -0.25) is 14.4 Å². The maximum atomic E-state index is 12.8. The number of anilines is 1. The molecule has 0 aliphatic carbocycles. The van der Waals surface area contributed by atoms with Crippen LogP contribution in [0.5, 0.6) is 0 Å². The predicted octanol–water partition coefficient (Wildman–Crippen LogP) is 4.18. The molecule has 0 saturated carbocycles. The van der Waals surface area contributed by atoms with E-state index in [1.165, 1.54) is 22.7 Å². The third kappa shape index (κ3) is 8.42. The molecule has 2 rings (SSSR count). The lowest BCUT2D eigenvalue weighted by atomic mass is 10.1. The average molecular weight is 459 g/mol. The fraction of sp³-hybridized carbons (Fsp3) is 0.500. The fourth-order valence-corrected chi connectivity index (χ4v) is 3.84. The normalized spacial score (nSPS) is 10.8. The SMILES string of the molecule is CCCCCCNC(=O)Cc1csc(NC(=O)CN(C(=O)c2ccc(C)cc2)C(C)C)n1. The van der Waals surface area contributed by atoms with Crippen molar-refractivity contribution in [3.05, 3.63) is 46.5 Å². The lowest BCUT2D eigenvalue weighted by Crippen LogP contribution is -2.42. The van der Waals surface area contributed by atoms with Crippen molar-refractivity contribution in [1.29, 1.82) is 0 Å². The summed E-state index contributed by atoms with van der Waals surface area (Å²) in [6.07, 6.45) is 4.62. The number of hydrogen-bond donors (Lipinski definition) is 2. The van der Waals surface area contributed by atoms with E-state index in [0.29, 0.717) is 22.9 Å². The van der Waals surface area contributed by atoms with Gasteiger partial charge < -0.3 is 15.5 Å². The van der Waals surface area contributed by atoms with Crippen molar-refractivity contribution >= 4 is 34.2 Å². The third-order valence-corrected chi connectivity index (χ3v) is 5.80. The van der Waals surface area contributed by atoms with E-state index in [9.17, 15) is 14.4 Å². The van der Waals surface area contributed by atoms with Crippen LogP contribution in [0.25, 0.3) is 0 Å². The van der Waals surface area contributed by atoms with Crippen LogP contribution < -0.4 is 10.6 Å². The first kappa shape index (κ1) is 25.5. The number of carbonyl (C=O) groups excluding carboxylic acids is 3. The molecule has 0 atom stereocenters. The minimum Gasteiger partial charge on any atom is -0.356 e. The highest BCUT2D eigenvalue weighted by atomic mass is 32.1. The zero-order chi connectivity index (χ0) is 23.5. The van der Waals surface area contributed by atoms with Gasteiger partial charge in [-0.1, -0.05) is 43.9 Å². The molecule has 0 saturated heterocycles. The second kappa shape index (κ2) is 13.0. The first-order chi connectivity index (χ1) is 15.3. The number of hydrogen-bond acceptors (Lipinski definition) is 5. The Hall–Kier alpha value is -2.74. The van der Waals surface area contributed by atoms with Gasteiger partial charge in [0.1, 0.15) is 6.54 Å². The van der Waals surface area contributed by atoms with Gasteiger partial charge >= 0.3 is 0 Å². The summed E-state index contributed by atoms with van der Waals surface area (Å²) in [5, 5.41) is 7.84. The van der Waals surface area contributed by atoms with E-state index in [0.717, 1.165) is 24.8 Å². The summed E-state index contributed by atoms with van der Waals surface area (Å²) in [4.78, 5) is 43.3. The highest BCUT2D eigenvalue weighted by Crippen LogP contribution is 2.16. The van der Waals surface area contributed by atoms with E-state index in [1.54, 1.807) is 17.5 Å². The van der Waals surface area contributed by atoms with Gasteiger partial charge in [0.25, 0.3) is 5.91 Å². The Labute approximate surface area is 194 Å². The van der Waals surface area contributed by atoms with E-state index in [4.69, 9.17) is 0 Å². The van der Waals surface area contributed by atoms with Crippen molar-refractivity contribution in [3.63, 3.8) is 0 Å². The Bertz CT molecular complexity index is 893.